The number of amides is 2. The van der Waals surface area contributed by atoms with Crippen molar-refractivity contribution in [3.8, 4) is 0 Å². The van der Waals surface area contributed by atoms with Gasteiger partial charge in [-0.25, -0.2) is 0 Å². The number of hydrogen-bond acceptors (Lipinski definition) is 2. The largest absolute Gasteiger partial charge is 0.341 e. The average molecular weight is 224 g/mol. The molecule has 0 aromatic carbocycles. The lowest BCUT2D eigenvalue weighted by atomic mass is 9.98. The van der Waals surface area contributed by atoms with Crippen LogP contribution in [0.5, 0.6) is 0 Å². The van der Waals surface area contributed by atoms with Gasteiger partial charge in [-0.2, -0.15) is 0 Å². The van der Waals surface area contributed by atoms with E-state index in [1.54, 1.807) is 11.9 Å². The smallest absolute Gasteiger partial charge is 0.245 e. The van der Waals surface area contributed by atoms with Crippen LogP contribution < -0.4 is 0 Å². The van der Waals surface area contributed by atoms with E-state index in [0.29, 0.717) is 12.8 Å². The second-order valence-electron chi connectivity index (χ2n) is 5.07. The highest BCUT2D eigenvalue weighted by atomic mass is 16.2. The van der Waals surface area contributed by atoms with Crippen LogP contribution in [0.15, 0.2) is 0 Å². The molecular formula is C12H20N2O2. The van der Waals surface area contributed by atoms with Gasteiger partial charge >= 0.3 is 0 Å². The first-order valence-corrected chi connectivity index (χ1v) is 6.14. The summed E-state index contributed by atoms with van der Waals surface area (Å²) in [6, 6.07) is -0.194. The van der Waals surface area contributed by atoms with Crippen molar-refractivity contribution >= 4 is 11.8 Å². The van der Waals surface area contributed by atoms with Crippen LogP contribution in [0.1, 0.15) is 32.6 Å². The Bertz CT molecular complexity index is 295. The number of carbonyl (C=O) groups is 2. The minimum Gasteiger partial charge on any atom is -0.341 e. The molecule has 0 aliphatic carbocycles. The molecule has 4 nitrogen and oxygen atoms in total. The maximum absolute atomic E-state index is 12.2. The van der Waals surface area contributed by atoms with E-state index >= 15 is 0 Å². The standard InChI is InChI=1S/C12H20N2O2/c1-9-5-7-14(8-6-9)12(16)10-3-4-11(15)13(10)2/h9-10H,3-8H2,1-2H3. The van der Waals surface area contributed by atoms with Gasteiger partial charge in [-0.3, -0.25) is 9.59 Å². The molecule has 2 fully saturated rings. The molecule has 0 saturated carbocycles. The molecule has 1 unspecified atom stereocenters. The second-order valence-corrected chi connectivity index (χ2v) is 5.07. The third-order valence-corrected chi connectivity index (χ3v) is 3.87. The van der Waals surface area contributed by atoms with Gasteiger partial charge in [-0.05, 0) is 25.2 Å². The van der Waals surface area contributed by atoms with E-state index in [4.69, 9.17) is 0 Å². The molecule has 90 valence electrons. The Hall–Kier alpha value is -1.06. The quantitative estimate of drug-likeness (QED) is 0.663. The van der Waals surface area contributed by atoms with E-state index < -0.39 is 0 Å². The predicted octanol–water partition coefficient (Wildman–Crippen LogP) is 0.866. The average Bonchev–Trinajstić information content (AvgIpc) is 2.60. The fourth-order valence-electron chi connectivity index (χ4n) is 2.53. The first-order valence-electron chi connectivity index (χ1n) is 6.14. The lowest BCUT2D eigenvalue weighted by molar-refractivity contribution is -0.141. The van der Waals surface area contributed by atoms with Gasteiger partial charge in [0.1, 0.15) is 6.04 Å². The summed E-state index contributed by atoms with van der Waals surface area (Å²) in [4.78, 5) is 27.1. The molecule has 0 spiro atoms. The Morgan fingerprint density at radius 3 is 2.38 bits per heavy atom. The van der Waals surface area contributed by atoms with E-state index in [1.807, 2.05) is 4.90 Å². The lowest BCUT2D eigenvalue weighted by Gasteiger charge is -2.33. The highest BCUT2D eigenvalue weighted by molar-refractivity contribution is 5.90. The van der Waals surface area contributed by atoms with Crippen LogP contribution in [0, 0.1) is 5.92 Å². The summed E-state index contributed by atoms with van der Waals surface area (Å²) in [5.74, 6) is 0.982. The molecule has 1 atom stereocenters. The molecule has 0 aromatic heterocycles. The van der Waals surface area contributed by atoms with Gasteiger partial charge in [0.05, 0.1) is 0 Å². The zero-order valence-corrected chi connectivity index (χ0v) is 10.1. The maximum Gasteiger partial charge on any atom is 0.245 e. The van der Waals surface area contributed by atoms with Gasteiger partial charge in [0.15, 0.2) is 0 Å². The van der Waals surface area contributed by atoms with Gasteiger partial charge < -0.3 is 9.80 Å². The minimum absolute atomic E-state index is 0.101. The van der Waals surface area contributed by atoms with E-state index in [9.17, 15) is 9.59 Å². The van der Waals surface area contributed by atoms with Crippen molar-refractivity contribution in [1.82, 2.24) is 9.80 Å². The van der Waals surface area contributed by atoms with E-state index in [-0.39, 0.29) is 17.9 Å². The first-order chi connectivity index (χ1) is 7.59. The minimum atomic E-state index is -0.194. The van der Waals surface area contributed by atoms with Crippen LogP contribution in [-0.4, -0.2) is 47.8 Å². The van der Waals surface area contributed by atoms with E-state index in [2.05, 4.69) is 6.92 Å². The van der Waals surface area contributed by atoms with Gasteiger partial charge in [0.25, 0.3) is 0 Å². The fourth-order valence-corrected chi connectivity index (χ4v) is 2.53. The summed E-state index contributed by atoms with van der Waals surface area (Å²) >= 11 is 0. The van der Waals surface area contributed by atoms with Crippen molar-refractivity contribution in [3.63, 3.8) is 0 Å². The molecular weight excluding hydrogens is 204 g/mol. The highest BCUT2D eigenvalue weighted by Gasteiger charge is 2.36. The summed E-state index contributed by atoms with van der Waals surface area (Å²) in [5.41, 5.74) is 0. The number of carbonyl (C=O) groups excluding carboxylic acids is 2. The van der Waals surface area contributed by atoms with Crippen molar-refractivity contribution in [3.05, 3.63) is 0 Å². The SMILES string of the molecule is CC1CCN(C(=O)C2CCC(=O)N2C)CC1. The Balaban J connectivity index is 1.95. The topological polar surface area (TPSA) is 40.6 Å². The zero-order chi connectivity index (χ0) is 11.7. The molecule has 0 N–H and O–H groups in total. The normalized spacial score (nSPS) is 27.6. The summed E-state index contributed by atoms with van der Waals surface area (Å²) in [6.45, 7) is 3.95. The highest BCUT2D eigenvalue weighted by Crippen LogP contribution is 2.22. The van der Waals surface area contributed by atoms with Crippen LogP contribution in [0.25, 0.3) is 0 Å². The summed E-state index contributed by atoms with van der Waals surface area (Å²) in [6.07, 6.45) is 3.41. The van der Waals surface area contributed by atoms with Gasteiger partial charge in [-0.1, -0.05) is 6.92 Å². The number of likely N-dealkylation sites (tertiary alicyclic amines) is 2. The van der Waals surface area contributed by atoms with Crippen molar-refractivity contribution in [2.24, 2.45) is 5.92 Å². The van der Waals surface area contributed by atoms with Crippen molar-refractivity contribution < 1.29 is 9.59 Å². The Morgan fingerprint density at radius 2 is 1.88 bits per heavy atom. The third kappa shape index (κ3) is 2.06. The van der Waals surface area contributed by atoms with Crippen LogP contribution in [0.2, 0.25) is 0 Å². The summed E-state index contributed by atoms with van der Waals surface area (Å²) < 4.78 is 0. The lowest BCUT2D eigenvalue weighted by Crippen LogP contribution is -2.47. The van der Waals surface area contributed by atoms with Crippen LogP contribution in [0.3, 0.4) is 0 Å². The number of hydrogen-bond donors (Lipinski definition) is 0. The van der Waals surface area contributed by atoms with Crippen LogP contribution in [-0.2, 0) is 9.59 Å². The molecule has 2 aliphatic heterocycles. The number of piperidine rings is 1. The predicted molar refractivity (Wildman–Crippen MR) is 60.8 cm³/mol. The Morgan fingerprint density at radius 1 is 1.25 bits per heavy atom. The molecule has 2 aliphatic rings. The summed E-state index contributed by atoms with van der Waals surface area (Å²) in [5, 5.41) is 0. The van der Waals surface area contributed by atoms with Crippen LogP contribution in [0.4, 0.5) is 0 Å². The Labute approximate surface area is 96.6 Å². The van der Waals surface area contributed by atoms with Gasteiger partial charge in [0.2, 0.25) is 11.8 Å². The van der Waals surface area contributed by atoms with Gasteiger partial charge in [-0.15, -0.1) is 0 Å². The zero-order valence-electron chi connectivity index (χ0n) is 10.1. The molecule has 2 saturated heterocycles. The fraction of sp³-hybridized carbons (Fsp3) is 0.833. The molecule has 0 bridgehead atoms. The van der Waals surface area contributed by atoms with Crippen molar-refractivity contribution in [2.75, 3.05) is 20.1 Å². The first kappa shape index (κ1) is 11.4. The summed E-state index contributed by atoms with van der Waals surface area (Å²) in [7, 11) is 1.74. The molecule has 2 amide bonds. The monoisotopic (exact) mass is 224 g/mol. The number of nitrogens with zero attached hydrogens (tertiary/aromatic N) is 2. The van der Waals surface area contributed by atoms with E-state index in [1.165, 1.54) is 0 Å². The Kier molecular flexibility index (Phi) is 3.17. The van der Waals surface area contributed by atoms with Crippen LogP contribution >= 0.6 is 0 Å². The second kappa shape index (κ2) is 4.44. The van der Waals surface area contributed by atoms with Gasteiger partial charge in [0, 0.05) is 26.6 Å². The molecule has 4 heteroatoms. The van der Waals surface area contributed by atoms with Crippen molar-refractivity contribution in [1.29, 1.82) is 0 Å². The molecule has 16 heavy (non-hydrogen) atoms. The maximum atomic E-state index is 12.2. The molecule has 2 rings (SSSR count). The van der Waals surface area contributed by atoms with Crippen molar-refractivity contribution in [2.45, 2.75) is 38.6 Å². The number of rotatable bonds is 1. The molecule has 0 aromatic rings. The number of likely N-dealkylation sites (N-methyl/N-ethyl adjacent to an activating group) is 1. The third-order valence-electron chi connectivity index (χ3n) is 3.87. The molecule has 0 radical (unpaired) electrons. The molecule has 2 heterocycles. The van der Waals surface area contributed by atoms with E-state index in [0.717, 1.165) is 31.8 Å².